The van der Waals surface area contributed by atoms with Crippen LogP contribution in [-0.4, -0.2) is 30.6 Å². The molecule has 0 aromatic heterocycles. The van der Waals surface area contributed by atoms with Crippen molar-refractivity contribution in [1.82, 2.24) is 10.6 Å². The fraction of sp³-hybridized carbons (Fsp3) is 0.611. The van der Waals surface area contributed by atoms with E-state index in [-0.39, 0.29) is 23.5 Å². The Kier molecular flexibility index (Phi) is 4.39. The summed E-state index contributed by atoms with van der Waals surface area (Å²) in [6.45, 7) is 5.99. The maximum absolute atomic E-state index is 12.2. The van der Waals surface area contributed by atoms with E-state index in [4.69, 9.17) is 4.74 Å². The van der Waals surface area contributed by atoms with Crippen molar-refractivity contribution in [3.05, 3.63) is 29.8 Å². The Hall–Kier alpha value is -1.55. The largest absolute Gasteiger partial charge is 0.487 e. The molecule has 0 aliphatic carbocycles. The molecule has 1 atom stereocenters. The van der Waals surface area contributed by atoms with Gasteiger partial charge in [0.1, 0.15) is 11.4 Å². The van der Waals surface area contributed by atoms with Crippen LogP contribution in [-0.2, 0) is 4.79 Å². The zero-order chi connectivity index (χ0) is 15.6. The fourth-order valence-corrected chi connectivity index (χ4v) is 3.72. The lowest BCUT2D eigenvalue weighted by Gasteiger charge is -2.44. The Morgan fingerprint density at radius 3 is 2.82 bits per heavy atom. The van der Waals surface area contributed by atoms with E-state index in [2.05, 4.69) is 16.7 Å². The first-order chi connectivity index (χ1) is 10.6. The number of piperidine rings is 1. The lowest BCUT2D eigenvalue weighted by Crippen LogP contribution is -2.49. The number of amides is 1. The second-order valence-electron chi connectivity index (χ2n) is 6.90. The van der Waals surface area contributed by atoms with Gasteiger partial charge >= 0.3 is 0 Å². The smallest absolute Gasteiger partial charge is 0.220 e. The van der Waals surface area contributed by atoms with Gasteiger partial charge in [0, 0.05) is 18.4 Å². The third kappa shape index (κ3) is 3.27. The molecule has 2 aliphatic rings. The Morgan fingerprint density at radius 1 is 1.36 bits per heavy atom. The van der Waals surface area contributed by atoms with Gasteiger partial charge in [0.25, 0.3) is 0 Å². The minimum Gasteiger partial charge on any atom is -0.487 e. The first-order valence-corrected chi connectivity index (χ1v) is 8.36. The third-order valence-electron chi connectivity index (χ3n) is 4.70. The maximum Gasteiger partial charge on any atom is 0.220 e. The first kappa shape index (κ1) is 15.3. The lowest BCUT2D eigenvalue weighted by molar-refractivity contribution is -0.122. The molecule has 4 nitrogen and oxygen atoms in total. The molecule has 1 aromatic rings. The fourth-order valence-electron chi connectivity index (χ4n) is 3.72. The number of ether oxygens (including phenoxy) is 1. The van der Waals surface area contributed by atoms with Gasteiger partial charge in [-0.2, -0.15) is 0 Å². The summed E-state index contributed by atoms with van der Waals surface area (Å²) in [5, 5.41) is 6.42. The van der Waals surface area contributed by atoms with Crippen molar-refractivity contribution >= 4 is 5.91 Å². The van der Waals surface area contributed by atoms with Crippen molar-refractivity contribution in [2.75, 3.05) is 13.1 Å². The molecule has 0 radical (unpaired) electrons. The highest BCUT2D eigenvalue weighted by Crippen LogP contribution is 2.45. The minimum atomic E-state index is -0.0949. The summed E-state index contributed by atoms with van der Waals surface area (Å²) >= 11 is 0. The van der Waals surface area contributed by atoms with E-state index in [1.165, 1.54) is 5.56 Å². The molecular formula is C18H26N2O2. The highest BCUT2D eigenvalue weighted by molar-refractivity contribution is 5.77. The quantitative estimate of drug-likeness (QED) is 0.902. The number of para-hydroxylation sites is 1. The molecule has 0 unspecified atom stereocenters. The van der Waals surface area contributed by atoms with Gasteiger partial charge in [0.2, 0.25) is 5.91 Å². The molecule has 2 aliphatic heterocycles. The van der Waals surface area contributed by atoms with E-state index in [0.717, 1.165) is 38.1 Å². The summed E-state index contributed by atoms with van der Waals surface area (Å²) in [6, 6.07) is 8.40. The monoisotopic (exact) mass is 302 g/mol. The van der Waals surface area contributed by atoms with E-state index in [9.17, 15) is 4.79 Å². The van der Waals surface area contributed by atoms with Crippen LogP contribution >= 0.6 is 0 Å². The molecule has 1 spiro atoms. The van der Waals surface area contributed by atoms with Crippen LogP contribution in [0.5, 0.6) is 5.75 Å². The van der Waals surface area contributed by atoms with Crippen molar-refractivity contribution < 1.29 is 9.53 Å². The van der Waals surface area contributed by atoms with Crippen LogP contribution in [0.2, 0.25) is 0 Å². The maximum atomic E-state index is 12.2. The molecule has 2 heterocycles. The average molecular weight is 302 g/mol. The SMILES string of the molecule is CC(C)NC(=O)C[C@@H]1CC2(CCNCC2)Oc2ccccc21. The van der Waals surface area contributed by atoms with Crippen LogP contribution in [0.1, 0.15) is 51.0 Å². The summed E-state index contributed by atoms with van der Waals surface area (Å²) in [5.74, 6) is 1.36. The van der Waals surface area contributed by atoms with Gasteiger partial charge < -0.3 is 15.4 Å². The third-order valence-corrected chi connectivity index (χ3v) is 4.70. The number of hydrogen-bond donors (Lipinski definition) is 2. The molecule has 1 saturated heterocycles. The number of fused-ring (bicyclic) bond motifs is 1. The van der Waals surface area contributed by atoms with Crippen molar-refractivity contribution in [2.24, 2.45) is 0 Å². The average Bonchev–Trinajstić information content (AvgIpc) is 2.47. The van der Waals surface area contributed by atoms with Gasteiger partial charge in [-0.15, -0.1) is 0 Å². The van der Waals surface area contributed by atoms with Crippen LogP contribution in [0, 0.1) is 0 Å². The van der Waals surface area contributed by atoms with Crippen LogP contribution in [0.3, 0.4) is 0 Å². The van der Waals surface area contributed by atoms with E-state index >= 15 is 0 Å². The summed E-state index contributed by atoms with van der Waals surface area (Å²) in [4.78, 5) is 12.2. The Balaban J connectivity index is 1.82. The standard InChI is InChI=1S/C18H26N2O2/c1-13(2)20-17(21)11-14-12-18(7-9-19-10-8-18)22-16-6-4-3-5-15(14)16/h3-6,13-14,19H,7-12H2,1-2H3,(H,20,21)/t14-/m1/s1. The van der Waals surface area contributed by atoms with Gasteiger partial charge in [0.05, 0.1) is 0 Å². The van der Waals surface area contributed by atoms with Crippen LogP contribution in [0.25, 0.3) is 0 Å². The van der Waals surface area contributed by atoms with E-state index < -0.39 is 0 Å². The van der Waals surface area contributed by atoms with Crippen molar-refractivity contribution in [3.8, 4) is 5.75 Å². The highest BCUT2D eigenvalue weighted by atomic mass is 16.5. The normalized spacial score (nSPS) is 23.0. The summed E-state index contributed by atoms with van der Waals surface area (Å²) in [7, 11) is 0. The number of carbonyl (C=O) groups excluding carboxylic acids is 1. The molecule has 1 amide bonds. The molecule has 0 bridgehead atoms. The Labute approximate surface area is 132 Å². The second kappa shape index (κ2) is 6.29. The van der Waals surface area contributed by atoms with Crippen molar-refractivity contribution in [2.45, 2.75) is 57.1 Å². The zero-order valence-electron chi connectivity index (χ0n) is 13.5. The molecular weight excluding hydrogens is 276 g/mol. The van der Waals surface area contributed by atoms with E-state index in [0.29, 0.717) is 6.42 Å². The predicted molar refractivity (Wildman–Crippen MR) is 87.2 cm³/mol. The molecule has 120 valence electrons. The minimum absolute atomic E-state index is 0.0949. The van der Waals surface area contributed by atoms with Crippen LogP contribution < -0.4 is 15.4 Å². The predicted octanol–water partition coefficient (Wildman–Crippen LogP) is 2.59. The lowest BCUT2D eigenvalue weighted by atomic mass is 9.76. The van der Waals surface area contributed by atoms with Crippen LogP contribution in [0.4, 0.5) is 0 Å². The number of benzene rings is 1. The Bertz CT molecular complexity index is 536. The molecule has 4 heteroatoms. The van der Waals surface area contributed by atoms with Gasteiger partial charge in [-0.05, 0) is 57.8 Å². The van der Waals surface area contributed by atoms with Crippen molar-refractivity contribution in [1.29, 1.82) is 0 Å². The van der Waals surface area contributed by atoms with Gasteiger partial charge in [0.15, 0.2) is 0 Å². The summed E-state index contributed by atoms with van der Waals surface area (Å²) < 4.78 is 6.38. The first-order valence-electron chi connectivity index (χ1n) is 8.36. The molecule has 0 saturated carbocycles. The molecule has 22 heavy (non-hydrogen) atoms. The summed E-state index contributed by atoms with van der Waals surface area (Å²) in [5.41, 5.74) is 1.09. The van der Waals surface area contributed by atoms with Gasteiger partial charge in [-0.3, -0.25) is 4.79 Å². The number of nitrogens with one attached hydrogen (secondary N) is 2. The highest BCUT2D eigenvalue weighted by Gasteiger charge is 2.42. The van der Waals surface area contributed by atoms with Gasteiger partial charge in [-0.25, -0.2) is 0 Å². The molecule has 1 aromatic carbocycles. The van der Waals surface area contributed by atoms with Crippen LogP contribution in [0.15, 0.2) is 24.3 Å². The second-order valence-corrected chi connectivity index (χ2v) is 6.90. The Morgan fingerprint density at radius 2 is 2.09 bits per heavy atom. The summed E-state index contributed by atoms with van der Waals surface area (Å²) in [6.07, 6.45) is 3.53. The van der Waals surface area contributed by atoms with Crippen molar-refractivity contribution in [3.63, 3.8) is 0 Å². The zero-order valence-corrected chi connectivity index (χ0v) is 13.5. The number of rotatable bonds is 3. The molecule has 1 fully saturated rings. The topological polar surface area (TPSA) is 50.4 Å². The number of hydrogen-bond acceptors (Lipinski definition) is 3. The number of carbonyl (C=O) groups is 1. The van der Waals surface area contributed by atoms with E-state index in [1.807, 2.05) is 32.0 Å². The molecule has 2 N–H and O–H groups in total. The molecule has 3 rings (SSSR count). The van der Waals surface area contributed by atoms with Gasteiger partial charge in [-0.1, -0.05) is 18.2 Å². The van der Waals surface area contributed by atoms with E-state index in [1.54, 1.807) is 0 Å².